The quantitative estimate of drug-likeness (QED) is 0.318. The van der Waals surface area contributed by atoms with E-state index in [0.29, 0.717) is 0 Å². The van der Waals surface area contributed by atoms with Gasteiger partial charge in [-0.1, -0.05) is 48.0 Å². The lowest BCUT2D eigenvalue weighted by Gasteiger charge is -2.15. The second-order valence-corrected chi connectivity index (χ2v) is 7.50. The molecule has 0 aliphatic carbocycles. The molecule has 10 heteroatoms. The molecule has 0 saturated carbocycles. The minimum Gasteiger partial charge on any atom is -0.457 e. The van der Waals surface area contributed by atoms with Gasteiger partial charge in [0.05, 0.1) is 11.5 Å². The number of rotatable bonds is 7. The second-order valence-electron chi connectivity index (χ2n) is 5.82. The average molecular weight is 417 g/mol. The predicted octanol–water partition coefficient (Wildman–Crippen LogP) is 2.39. The molecule has 9 nitrogen and oxygen atoms in total. The topological polar surface area (TPSA) is 135 Å². The van der Waals surface area contributed by atoms with Crippen LogP contribution in [0.4, 0.5) is 4.79 Å². The maximum atomic E-state index is 12.4. The van der Waals surface area contributed by atoms with Crippen molar-refractivity contribution in [2.75, 3.05) is 6.61 Å². The van der Waals surface area contributed by atoms with Gasteiger partial charge in [0, 0.05) is 5.56 Å². The number of nitrogens with zero attached hydrogens (tertiary/aromatic N) is 2. The van der Waals surface area contributed by atoms with Gasteiger partial charge in [-0.05, 0) is 26.0 Å². The highest BCUT2D eigenvalue weighted by molar-refractivity contribution is 7.90. The van der Waals surface area contributed by atoms with Crippen LogP contribution < -0.4 is 4.72 Å². The highest BCUT2D eigenvalue weighted by Crippen LogP contribution is 2.20. The summed E-state index contributed by atoms with van der Waals surface area (Å²) in [4.78, 5) is 27.1. The molecule has 0 saturated heterocycles. The van der Waals surface area contributed by atoms with E-state index in [4.69, 9.17) is 9.47 Å². The Bertz CT molecular complexity index is 1030. The van der Waals surface area contributed by atoms with Gasteiger partial charge in [0.15, 0.2) is 0 Å². The van der Waals surface area contributed by atoms with Gasteiger partial charge in [-0.3, -0.25) is 0 Å². The molecule has 2 aromatic rings. The predicted molar refractivity (Wildman–Crippen MR) is 102 cm³/mol. The molecule has 0 fully saturated rings. The SMILES string of the molecule is CCOC(=O)C(=[N+]=[N-])C(OC(=O)NS(=O)(=O)c1ccc(C)cc1)c1ccccc1. The van der Waals surface area contributed by atoms with E-state index in [0.717, 1.165) is 5.56 Å². The third-order valence-electron chi connectivity index (χ3n) is 3.72. The van der Waals surface area contributed by atoms with Gasteiger partial charge in [0.2, 0.25) is 6.10 Å². The summed E-state index contributed by atoms with van der Waals surface area (Å²) >= 11 is 0. The first-order valence-corrected chi connectivity index (χ1v) is 10.0. The zero-order chi connectivity index (χ0) is 21.4. The third kappa shape index (κ3) is 5.74. The van der Waals surface area contributed by atoms with Crippen LogP contribution in [0.5, 0.6) is 0 Å². The molecule has 1 atom stereocenters. The van der Waals surface area contributed by atoms with Crippen molar-refractivity contribution in [3.8, 4) is 0 Å². The molecule has 152 valence electrons. The molecule has 0 aliphatic rings. The lowest BCUT2D eigenvalue weighted by Crippen LogP contribution is -2.36. The molecular formula is C19H19N3O6S. The van der Waals surface area contributed by atoms with Crippen LogP contribution in [0.25, 0.3) is 5.53 Å². The molecule has 0 radical (unpaired) electrons. The first kappa shape index (κ1) is 21.8. The van der Waals surface area contributed by atoms with E-state index in [1.165, 1.54) is 24.3 Å². The molecule has 0 heterocycles. The summed E-state index contributed by atoms with van der Waals surface area (Å²) in [5.41, 5.74) is 9.77. The Morgan fingerprint density at radius 3 is 2.28 bits per heavy atom. The molecule has 1 unspecified atom stereocenters. The fraction of sp³-hybridized carbons (Fsp3) is 0.211. The van der Waals surface area contributed by atoms with Crippen molar-refractivity contribution >= 4 is 27.8 Å². The minimum atomic E-state index is -4.21. The number of aryl methyl sites for hydroxylation is 1. The van der Waals surface area contributed by atoms with Crippen molar-refractivity contribution in [1.82, 2.24) is 4.72 Å². The highest BCUT2D eigenvalue weighted by Gasteiger charge is 2.38. The van der Waals surface area contributed by atoms with Gasteiger partial charge >= 0.3 is 17.8 Å². The number of amides is 1. The van der Waals surface area contributed by atoms with Crippen molar-refractivity contribution in [3.05, 3.63) is 71.3 Å². The fourth-order valence-electron chi connectivity index (χ4n) is 2.33. The van der Waals surface area contributed by atoms with Crippen LogP contribution in [0, 0.1) is 6.92 Å². The first-order chi connectivity index (χ1) is 13.8. The maximum Gasteiger partial charge on any atom is 0.422 e. The molecule has 1 N–H and O–H groups in total. The summed E-state index contributed by atoms with van der Waals surface area (Å²) in [6, 6.07) is 13.7. The lowest BCUT2D eigenvalue weighted by atomic mass is 10.1. The summed E-state index contributed by atoms with van der Waals surface area (Å²) in [5.74, 6) is -1.02. The first-order valence-electron chi connectivity index (χ1n) is 8.52. The van der Waals surface area contributed by atoms with Crippen LogP contribution in [0.3, 0.4) is 0 Å². The Hall–Kier alpha value is -3.49. The Balaban J connectivity index is 2.28. The van der Waals surface area contributed by atoms with Gasteiger partial charge in [-0.2, -0.15) is 4.79 Å². The lowest BCUT2D eigenvalue weighted by molar-refractivity contribution is -0.141. The Labute approximate surface area is 167 Å². The van der Waals surface area contributed by atoms with Gasteiger partial charge < -0.3 is 15.0 Å². The Kier molecular flexibility index (Phi) is 7.24. The molecule has 1 amide bonds. The molecule has 0 aliphatic heterocycles. The summed E-state index contributed by atoms with van der Waals surface area (Å²) < 4.78 is 36.4. The normalized spacial score (nSPS) is 11.7. The number of nitrogens with one attached hydrogen (secondary N) is 1. The smallest absolute Gasteiger partial charge is 0.422 e. The van der Waals surface area contributed by atoms with E-state index in [-0.39, 0.29) is 17.1 Å². The Morgan fingerprint density at radius 1 is 1.10 bits per heavy atom. The van der Waals surface area contributed by atoms with Crippen LogP contribution in [0.2, 0.25) is 0 Å². The maximum absolute atomic E-state index is 12.4. The number of hydrogen-bond donors (Lipinski definition) is 1. The summed E-state index contributed by atoms with van der Waals surface area (Å²) in [6.07, 6.45) is -2.85. The summed E-state index contributed by atoms with van der Waals surface area (Å²) in [5, 5.41) is 0. The largest absolute Gasteiger partial charge is 0.457 e. The number of carbonyl (C=O) groups excluding carboxylic acids is 2. The molecule has 0 aromatic heterocycles. The van der Waals surface area contributed by atoms with E-state index in [9.17, 15) is 23.5 Å². The van der Waals surface area contributed by atoms with Gasteiger partial charge in [0.25, 0.3) is 10.0 Å². The minimum absolute atomic E-state index is 0.00658. The van der Waals surface area contributed by atoms with E-state index in [1.54, 1.807) is 48.9 Å². The zero-order valence-corrected chi connectivity index (χ0v) is 16.5. The monoisotopic (exact) mass is 417 g/mol. The van der Waals surface area contributed by atoms with Crippen LogP contribution >= 0.6 is 0 Å². The number of sulfonamides is 1. The number of hydrogen-bond acceptors (Lipinski definition) is 6. The molecule has 0 bridgehead atoms. The Morgan fingerprint density at radius 2 is 1.72 bits per heavy atom. The van der Waals surface area contributed by atoms with Crippen molar-refractivity contribution in [1.29, 1.82) is 0 Å². The van der Waals surface area contributed by atoms with Gasteiger partial charge in [-0.15, -0.1) is 0 Å². The third-order valence-corrected chi connectivity index (χ3v) is 5.05. The fourth-order valence-corrected chi connectivity index (χ4v) is 3.21. The van der Waals surface area contributed by atoms with Crippen LogP contribution in [0.1, 0.15) is 24.2 Å². The molecule has 29 heavy (non-hydrogen) atoms. The van der Waals surface area contributed by atoms with E-state index >= 15 is 0 Å². The summed E-state index contributed by atoms with van der Waals surface area (Å²) in [6.45, 7) is 3.33. The van der Waals surface area contributed by atoms with Gasteiger partial charge in [0.1, 0.15) is 0 Å². The van der Waals surface area contributed by atoms with Crippen LogP contribution in [-0.2, 0) is 24.3 Å². The zero-order valence-electron chi connectivity index (χ0n) is 15.7. The standard InChI is InChI=1S/C19H19N3O6S/c1-3-27-18(23)16(21-20)17(14-7-5-4-6-8-14)28-19(24)22-29(25,26)15-11-9-13(2)10-12-15/h4-12,17H,3H2,1-2H3,(H,22,24). The van der Waals surface area contributed by atoms with Crippen molar-refractivity contribution in [2.45, 2.75) is 24.8 Å². The van der Waals surface area contributed by atoms with Gasteiger partial charge in [-0.25, -0.2) is 22.7 Å². The number of carbonyl (C=O) groups is 2. The number of esters is 1. The van der Waals surface area contributed by atoms with Crippen molar-refractivity contribution < 1.29 is 32.3 Å². The van der Waals surface area contributed by atoms with Crippen LogP contribution in [-0.4, -0.2) is 37.6 Å². The van der Waals surface area contributed by atoms with Crippen molar-refractivity contribution in [3.63, 3.8) is 0 Å². The number of ether oxygens (including phenoxy) is 2. The number of benzene rings is 2. The molecule has 2 aromatic carbocycles. The van der Waals surface area contributed by atoms with E-state index < -0.39 is 33.9 Å². The van der Waals surface area contributed by atoms with Crippen LogP contribution in [0.15, 0.2) is 59.5 Å². The molecule has 0 spiro atoms. The van der Waals surface area contributed by atoms with E-state index in [2.05, 4.69) is 4.79 Å². The molecule has 2 rings (SSSR count). The van der Waals surface area contributed by atoms with E-state index in [1.807, 2.05) is 0 Å². The average Bonchev–Trinajstić information content (AvgIpc) is 2.68. The second kappa shape index (κ2) is 9.63. The molecular weight excluding hydrogens is 398 g/mol. The van der Waals surface area contributed by atoms with Crippen molar-refractivity contribution in [2.24, 2.45) is 0 Å². The highest BCUT2D eigenvalue weighted by atomic mass is 32.2. The summed E-state index contributed by atoms with van der Waals surface area (Å²) in [7, 11) is -4.21.